The van der Waals surface area contributed by atoms with E-state index >= 15 is 0 Å². The molecule has 0 heterocycles. The molecule has 0 bridgehead atoms. The van der Waals surface area contributed by atoms with E-state index in [-0.39, 0.29) is 5.91 Å². The Kier molecular flexibility index (Phi) is 6.86. The predicted molar refractivity (Wildman–Crippen MR) is 76.5 cm³/mol. The van der Waals surface area contributed by atoms with Crippen LogP contribution in [0, 0.1) is 23.2 Å². The van der Waals surface area contributed by atoms with Crippen LogP contribution in [0.4, 0.5) is 0 Å². The molecule has 0 aliphatic heterocycles. The molecule has 1 aliphatic rings. The summed E-state index contributed by atoms with van der Waals surface area (Å²) in [6.07, 6.45) is 4.14. The highest BCUT2D eigenvalue weighted by Crippen LogP contribution is 2.29. The Labute approximate surface area is 117 Å². The molecule has 0 radical (unpaired) electrons. The first-order valence-electron chi connectivity index (χ1n) is 7.48. The maximum Gasteiger partial charge on any atom is 0.236 e. The first kappa shape index (κ1) is 16.0. The molecule has 0 unspecified atom stereocenters. The lowest BCUT2D eigenvalue weighted by molar-refractivity contribution is -0.130. The van der Waals surface area contributed by atoms with Gasteiger partial charge in [-0.2, -0.15) is 5.26 Å². The fourth-order valence-corrected chi connectivity index (χ4v) is 2.84. The van der Waals surface area contributed by atoms with Gasteiger partial charge in [0.05, 0.1) is 19.0 Å². The second kappa shape index (κ2) is 8.16. The van der Waals surface area contributed by atoms with Crippen LogP contribution in [-0.4, -0.2) is 36.5 Å². The van der Waals surface area contributed by atoms with E-state index in [9.17, 15) is 4.79 Å². The van der Waals surface area contributed by atoms with Crippen molar-refractivity contribution in [2.24, 2.45) is 11.8 Å². The monoisotopic (exact) mass is 265 g/mol. The number of hydrogen-bond donors (Lipinski definition) is 1. The molecule has 0 aromatic carbocycles. The lowest BCUT2D eigenvalue weighted by Crippen LogP contribution is -2.46. The number of amides is 1. The number of hydrogen-bond acceptors (Lipinski definition) is 3. The Morgan fingerprint density at radius 2 is 2.16 bits per heavy atom. The van der Waals surface area contributed by atoms with E-state index in [0.717, 1.165) is 5.92 Å². The van der Waals surface area contributed by atoms with E-state index in [2.05, 4.69) is 25.2 Å². The van der Waals surface area contributed by atoms with Gasteiger partial charge >= 0.3 is 0 Å². The molecule has 1 saturated carbocycles. The van der Waals surface area contributed by atoms with E-state index in [4.69, 9.17) is 5.26 Å². The number of carbonyl (C=O) groups excluding carboxylic acids is 1. The van der Waals surface area contributed by atoms with Crippen molar-refractivity contribution < 1.29 is 4.79 Å². The van der Waals surface area contributed by atoms with Crippen LogP contribution in [0.1, 0.15) is 46.5 Å². The van der Waals surface area contributed by atoms with Gasteiger partial charge in [0.15, 0.2) is 0 Å². The smallest absolute Gasteiger partial charge is 0.236 e. The van der Waals surface area contributed by atoms with Crippen LogP contribution in [-0.2, 0) is 4.79 Å². The van der Waals surface area contributed by atoms with Crippen LogP contribution in [0.15, 0.2) is 0 Å². The third-order valence-corrected chi connectivity index (χ3v) is 4.45. The van der Waals surface area contributed by atoms with E-state index in [1.54, 1.807) is 4.90 Å². The van der Waals surface area contributed by atoms with Gasteiger partial charge in [-0.05, 0) is 25.2 Å². The molecule has 4 nitrogen and oxygen atoms in total. The third-order valence-electron chi connectivity index (χ3n) is 4.45. The summed E-state index contributed by atoms with van der Waals surface area (Å²) in [5.41, 5.74) is 0. The summed E-state index contributed by atoms with van der Waals surface area (Å²) in [5.74, 6) is 1.49. The fraction of sp³-hybridized carbons (Fsp3) is 0.867. The van der Waals surface area contributed by atoms with Crippen LogP contribution in [0.25, 0.3) is 0 Å². The normalized spacial score (nSPS) is 26.7. The summed E-state index contributed by atoms with van der Waals surface area (Å²) in [6.45, 7) is 8.16. The van der Waals surface area contributed by atoms with Gasteiger partial charge in [0.2, 0.25) is 5.91 Å². The largest absolute Gasteiger partial charge is 0.341 e. The van der Waals surface area contributed by atoms with Crippen molar-refractivity contribution in [1.29, 1.82) is 5.26 Å². The number of likely N-dealkylation sites (N-methyl/N-ethyl adjacent to an activating group) is 1. The summed E-state index contributed by atoms with van der Waals surface area (Å²) in [4.78, 5) is 13.8. The third kappa shape index (κ3) is 4.83. The van der Waals surface area contributed by atoms with E-state index < -0.39 is 0 Å². The maximum atomic E-state index is 12.1. The molecule has 0 spiro atoms. The van der Waals surface area contributed by atoms with Gasteiger partial charge < -0.3 is 10.2 Å². The molecule has 0 aromatic heterocycles. The van der Waals surface area contributed by atoms with Gasteiger partial charge in [0.25, 0.3) is 0 Å². The van der Waals surface area contributed by atoms with Gasteiger partial charge in [0, 0.05) is 19.1 Å². The first-order chi connectivity index (χ1) is 9.10. The number of carbonyl (C=O) groups is 1. The second-order valence-corrected chi connectivity index (χ2v) is 5.64. The zero-order valence-corrected chi connectivity index (χ0v) is 12.5. The van der Waals surface area contributed by atoms with Crippen LogP contribution in [0.2, 0.25) is 0 Å². The van der Waals surface area contributed by atoms with Gasteiger partial charge in [-0.1, -0.05) is 26.7 Å². The van der Waals surface area contributed by atoms with Gasteiger partial charge in [0.1, 0.15) is 0 Å². The van der Waals surface area contributed by atoms with Crippen molar-refractivity contribution in [1.82, 2.24) is 10.2 Å². The number of nitrogens with zero attached hydrogens (tertiary/aromatic N) is 2. The van der Waals surface area contributed by atoms with E-state index in [1.165, 1.54) is 19.3 Å². The molecular formula is C15H27N3O. The summed E-state index contributed by atoms with van der Waals surface area (Å²) < 4.78 is 0. The minimum absolute atomic E-state index is 0.114. The quantitative estimate of drug-likeness (QED) is 0.800. The molecule has 0 saturated heterocycles. The van der Waals surface area contributed by atoms with Gasteiger partial charge in [-0.15, -0.1) is 0 Å². The van der Waals surface area contributed by atoms with Crippen LogP contribution in [0.3, 0.4) is 0 Å². The molecular weight excluding hydrogens is 238 g/mol. The number of nitrogens with one attached hydrogen (secondary N) is 1. The molecule has 19 heavy (non-hydrogen) atoms. The molecule has 1 aliphatic carbocycles. The Bertz CT molecular complexity index is 324. The Hall–Kier alpha value is -1.08. The van der Waals surface area contributed by atoms with Crippen LogP contribution >= 0.6 is 0 Å². The highest BCUT2D eigenvalue weighted by molar-refractivity contribution is 5.78. The zero-order chi connectivity index (χ0) is 14.3. The summed E-state index contributed by atoms with van der Waals surface area (Å²) in [6, 6.07) is 2.55. The highest BCUT2D eigenvalue weighted by atomic mass is 16.2. The maximum absolute atomic E-state index is 12.1. The van der Waals surface area contributed by atoms with Crippen molar-refractivity contribution in [2.75, 3.05) is 19.6 Å². The average Bonchev–Trinajstić information content (AvgIpc) is 2.41. The summed E-state index contributed by atoms with van der Waals surface area (Å²) in [5, 5.41) is 12.0. The Morgan fingerprint density at radius 1 is 1.42 bits per heavy atom. The molecule has 4 heteroatoms. The molecule has 1 N–H and O–H groups in total. The summed E-state index contributed by atoms with van der Waals surface area (Å²) in [7, 11) is 0. The van der Waals surface area contributed by atoms with Crippen LogP contribution in [0.5, 0.6) is 0 Å². The lowest BCUT2D eigenvalue weighted by Gasteiger charge is -2.35. The van der Waals surface area contributed by atoms with Crippen molar-refractivity contribution in [3.8, 4) is 6.07 Å². The second-order valence-electron chi connectivity index (χ2n) is 5.64. The number of nitriles is 1. The zero-order valence-electron chi connectivity index (χ0n) is 12.5. The van der Waals surface area contributed by atoms with Gasteiger partial charge in [-0.3, -0.25) is 4.79 Å². The summed E-state index contributed by atoms with van der Waals surface area (Å²) >= 11 is 0. The fourth-order valence-electron chi connectivity index (χ4n) is 2.84. The molecule has 1 amide bonds. The van der Waals surface area contributed by atoms with Crippen molar-refractivity contribution >= 4 is 5.91 Å². The molecule has 3 atom stereocenters. The first-order valence-corrected chi connectivity index (χ1v) is 7.48. The Morgan fingerprint density at radius 3 is 2.79 bits per heavy atom. The van der Waals surface area contributed by atoms with Crippen molar-refractivity contribution in [3.63, 3.8) is 0 Å². The molecule has 108 valence electrons. The topological polar surface area (TPSA) is 56.1 Å². The van der Waals surface area contributed by atoms with E-state index in [0.29, 0.717) is 38.0 Å². The molecule has 0 aromatic rings. The van der Waals surface area contributed by atoms with Crippen LogP contribution < -0.4 is 5.32 Å². The number of rotatable bonds is 6. The predicted octanol–water partition coefficient (Wildman–Crippen LogP) is 2.16. The standard InChI is InChI=1S/C15H27N3O/c1-4-18(10-6-9-16)15(19)11-17-14-8-5-7-12(2)13(14)3/h12-14,17H,4-8,10-11H2,1-3H3/t12-,13+,14-/m1/s1. The minimum atomic E-state index is 0.114. The minimum Gasteiger partial charge on any atom is -0.341 e. The van der Waals surface area contributed by atoms with Crippen molar-refractivity contribution in [3.05, 3.63) is 0 Å². The highest BCUT2D eigenvalue weighted by Gasteiger charge is 2.27. The average molecular weight is 265 g/mol. The van der Waals surface area contributed by atoms with E-state index in [1.807, 2.05) is 6.92 Å². The van der Waals surface area contributed by atoms with Gasteiger partial charge in [-0.25, -0.2) is 0 Å². The molecule has 1 rings (SSSR count). The molecule has 1 fully saturated rings. The Balaban J connectivity index is 2.38. The lowest BCUT2D eigenvalue weighted by atomic mass is 9.78. The SMILES string of the molecule is CCN(CCC#N)C(=O)CN[C@@H]1CCC[C@@H](C)[C@@H]1C. The van der Waals surface area contributed by atoms with Crippen molar-refractivity contribution in [2.45, 2.75) is 52.5 Å².